The number of nitrogens with two attached hydrogens (primary N) is 2. The normalized spacial score (nSPS) is 19.8. The molecule has 1 aliphatic carbocycles. The van der Waals surface area contributed by atoms with Gasteiger partial charge in [-0.3, -0.25) is 0 Å². The highest BCUT2D eigenvalue weighted by Crippen LogP contribution is 2.28. The Morgan fingerprint density at radius 2 is 2.17 bits per heavy atom. The highest BCUT2D eigenvalue weighted by atomic mass is 16.3. The van der Waals surface area contributed by atoms with Crippen LogP contribution >= 0.6 is 0 Å². The Labute approximate surface area is 109 Å². The van der Waals surface area contributed by atoms with E-state index in [-0.39, 0.29) is 0 Å². The number of hydrazine groups is 1. The Morgan fingerprint density at radius 1 is 1.44 bits per heavy atom. The molecule has 1 atom stereocenters. The third-order valence-corrected chi connectivity index (χ3v) is 3.90. The van der Waals surface area contributed by atoms with Gasteiger partial charge in [0.05, 0.1) is 12.0 Å². The predicted molar refractivity (Wildman–Crippen MR) is 72.9 cm³/mol. The minimum absolute atomic E-state index is 0.318. The molecule has 4 N–H and O–H groups in total. The number of rotatable bonds is 4. The van der Waals surface area contributed by atoms with E-state index in [9.17, 15) is 0 Å². The van der Waals surface area contributed by atoms with Crippen molar-refractivity contribution in [2.45, 2.75) is 45.1 Å². The summed E-state index contributed by atoms with van der Waals surface area (Å²) in [6, 6.07) is 3.98. The molecule has 0 spiro atoms. The van der Waals surface area contributed by atoms with E-state index in [0.717, 1.165) is 0 Å². The minimum atomic E-state index is 0.318. The van der Waals surface area contributed by atoms with Gasteiger partial charge in [0.1, 0.15) is 0 Å². The average Bonchev–Trinajstić information content (AvgIpc) is 2.92. The van der Waals surface area contributed by atoms with Gasteiger partial charge in [-0.25, -0.2) is 5.84 Å². The molecule has 1 aromatic heterocycles. The Kier molecular flexibility index (Phi) is 4.31. The van der Waals surface area contributed by atoms with Gasteiger partial charge < -0.3 is 15.2 Å². The number of nitrogens with zero attached hydrogens (tertiary/aromatic N) is 1. The van der Waals surface area contributed by atoms with Crippen LogP contribution in [-0.4, -0.2) is 11.1 Å². The van der Waals surface area contributed by atoms with Crippen LogP contribution in [0.5, 0.6) is 0 Å². The van der Waals surface area contributed by atoms with Gasteiger partial charge in [0.25, 0.3) is 0 Å². The number of furan rings is 1. The van der Waals surface area contributed by atoms with E-state index >= 15 is 0 Å². The lowest BCUT2D eigenvalue weighted by molar-refractivity contribution is 0.180. The molecule has 1 heterocycles. The van der Waals surface area contributed by atoms with Gasteiger partial charge in [-0.15, -0.1) is 0 Å². The largest absolute Gasteiger partial charge is 0.463 e. The summed E-state index contributed by atoms with van der Waals surface area (Å²) < 4.78 is 5.25. The van der Waals surface area contributed by atoms with Crippen LogP contribution in [0.1, 0.15) is 44.8 Å². The molecule has 0 bridgehead atoms. The molecule has 1 aromatic rings. The fraction of sp³-hybridized carbons (Fsp3) is 0.571. The predicted octanol–water partition coefficient (Wildman–Crippen LogP) is 2.68. The molecule has 0 aromatic carbocycles. The van der Waals surface area contributed by atoms with Crippen LogP contribution in [-0.2, 0) is 0 Å². The lowest BCUT2D eigenvalue weighted by Gasteiger charge is -2.33. The van der Waals surface area contributed by atoms with Gasteiger partial charge in [0, 0.05) is 12.2 Å². The van der Waals surface area contributed by atoms with Gasteiger partial charge >= 0.3 is 0 Å². The van der Waals surface area contributed by atoms with Crippen molar-refractivity contribution in [2.24, 2.45) is 17.5 Å². The molecule has 1 unspecified atom stereocenters. The zero-order valence-electron chi connectivity index (χ0n) is 11.0. The van der Waals surface area contributed by atoms with Crippen LogP contribution in [0.4, 0.5) is 0 Å². The highest BCUT2D eigenvalue weighted by molar-refractivity contribution is 5.57. The first-order chi connectivity index (χ1) is 8.68. The van der Waals surface area contributed by atoms with E-state index in [2.05, 4.69) is 6.92 Å². The number of hydrogen-bond donors (Lipinski definition) is 2. The maximum absolute atomic E-state index is 6.09. The van der Waals surface area contributed by atoms with Gasteiger partial charge in [0.2, 0.25) is 0 Å². The van der Waals surface area contributed by atoms with Crippen molar-refractivity contribution in [3.05, 3.63) is 30.4 Å². The summed E-state index contributed by atoms with van der Waals surface area (Å²) >= 11 is 0. The van der Waals surface area contributed by atoms with E-state index in [1.807, 2.05) is 12.1 Å². The monoisotopic (exact) mass is 249 g/mol. The molecule has 100 valence electrons. The first kappa shape index (κ1) is 13.0. The summed E-state index contributed by atoms with van der Waals surface area (Å²) in [4.78, 5) is 0. The summed E-state index contributed by atoms with van der Waals surface area (Å²) in [6.45, 7) is 2.17. The van der Waals surface area contributed by atoms with Gasteiger partial charge in [0.15, 0.2) is 5.76 Å². The Balaban J connectivity index is 1.97. The van der Waals surface area contributed by atoms with Crippen molar-refractivity contribution in [3.8, 4) is 0 Å². The molecule has 0 amide bonds. The standard InChI is InChI=1S/C14H23N3O/c1-11(12-6-3-2-4-7-12)17(16)10-13(15)14-8-5-9-18-14/h5,8-12H,2-4,6-7,15-16H2,1H3/b13-10-. The maximum atomic E-state index is 6.09. The Hall–Kier alpha value is -1.42. The fourth-order valence-electron chi connectivity index (χ4n) is 2.64. The fourth-order valence-corrected chi connectivity index (χ4v) is 2.64. The molecule has 4 nitrogen and oxygen atoms in total. The maximum Gasteiger partial charge on any atom is 0.151 e. The Morgan fingerprint density at radius 3 is 2.78 bits per heavy atom. The minimum Gasteiger partial charge on any atom is -0.463 e. The molecule has 0 radical (unpaired) electrons. The third-order valence-electron chi connectivity index (χ3n) is 3.90. The van der Waals surface area contributed by atoms with Crippen LogP contribution in [0.3, 0.4) is 0 Å². The van der Waals surface area contributed by atoms with Gasteiger partial charge in [-0.1, -0.05) is 19.3 Å². The second-order valence-corrected chi connectivity index (χ2v) is 5.15. The van der Waals surface area contributed by atoms with Crippen molar-refractivity contribution in [2.75, 3.05) is 0 Å². The molecule has 2 rings (SSSR count). The lowest BCUT2D eigenvalue weighted by atomic mass is 9.84. The third kappa shape index (κ3) is 3.07. The zero-order valence-corrected chi connectivity index (χ0v) is 11.0. The molecular formula is C14H23N3O. The van der Waals surface area contributed by atoms with Crippen molar-refractivity contribution < 1.29 is 4.42 Å². The first-order valence-electron chi connectivity index (χ1n) is 6.72. The van der Waals surface area contributed by atoms with Crippen molar-refractivity contribution in [1.82, 2.24) is 5.01 Å². The molecule has 18 heavy (non-hydrogen) atoms. The van der Waals surface area contributed by atoms with Crippen LogP contribution < -0.4 is 11.6 Å². The quantitative estimate of drug-likeness (QED) is 0.636. The topological polar surface area (TPSA) is 68.4 Å². The number of hydrogen-bond acceptors (Lipinski definition) is 4. The summed E-state index contributed by atoms with van der Waals surface area (Å²) in [5.41, 5.74) is 6.53. The summed E-state index contributed by atoms with van der Waals surface area (Å²) in [5.74, 6) is 7.43. The van der Waals surface area contributed by atoms with Crippen molar-refractivity contribution in [1.29, 1.82) is 0 Å². The molecule has 1 aliphatic rings. The van der Waals surface area contributed by atoms with Crippen molar-refractivity contribution >= 4 is 5.70 Å². The van der Waals surface area contributed by atoms with E-state index in [0.29, 0.717) is 23.4 Å². The van der Waals surface area contributed by atoms with E-state index in [1.165, 1.54) is 32.1 Å². The highest BCUT2D eigenvalue weighted by Gasteiger charge is 2.22. The zero-order chi connectivity index (χ0) is 13.0. The summed E-state index contributed by atoms with van der Waals surface area (Å²) in [5, 5.41) is 1.73. The van der Waals surface area contributed by atoms with E-state index in [4.69, 9.17) is 16.0 Å². The van der Waals surface area contributed by atoms with E-state index < -0.39 is 0 Å². The van der Waals surface area contributed by atoms with Gasteiger partial charge in [-0.2, -0.15) is 0 Å². The van der Waals surface area contributed by atoms with Gasteiger partial charge in [-0.05, 0) is 37.8 Å². The molecule has 0 saturated heterocycles. The molecule has 1 fully saturated rings. The summed E-state index contributed by atoms with van der Waals surface area (Å²) in [6.07, 6.45) is 9.92. The second kappa shape index (κ2) is 5.96. The lowest BCUT2D eigenvalue weighted by Crippen LogP contribution is -2.40. The molecular weight excluding hydrogens is 226 g/mol. The summed E-state index contributed by atoms with van der Waals surface area (Å²) in [7, 11) is 0. The Bertz CT molecular complexity index is 380. The average molecular weight is 249 g/mol. The molecule has 1 saturated carbocycles. The molecule has 4 heteroatoms. The van der Waals surface area contributed by atoms with Crippen LogP contribution in [0.2, 0.25) is 0 Å². The second-order valence-electron chi connectivity index (χ2n) is 5.15. The van der Waals surface area contributed by atoms with Crippen LogP contribution in [0.15, 0.2) is 29.0 Å². The van der Waals surface area contributed by atoms with Crippen LogP contribution in [0.25, 0.3) is 5.70 Å². The van der Waals surface area contributed by atoms with Crippen LogP contribution in [0, 0.1) is 5.92 Å². The SMILES string of the molecule is CC(C1CCCCC1)N(N)/C=C(\N)c1ccco1. The molecule has 0 aliphatic heterocycles. The first-order valence-corrected chi connectivity index (χ1v) is 6.72. The van der Waals surface area contributed by atoms with E-state index in [1.54, 1.807) is 17.5 Å². The smallest absolute Gasteiger partial charge is 0.151 e. The van der Waals surface area contributed by atoms with Crippen molar-refractivity contribution in [3.63, 3.8) is 0 Å².